The van der Waals surface area contributed by atoms with Crippen LogP contribution in [0.2, 0.25) is 0 Å². The van der Waals surface area contributed by atoms with E-state index in [-0.39, 0.29) is 17.4 Å². The molecular weight excluding hydrogens is 362 g/mol. The molecule has 4 saturated carbocycles. The third kappa shape index (κ3) is 3.10. The Morgan fingerprint density at radius 2 is 1.86 bits per heavy atom. The first-order valence-electron chi connectivity index (χ1n) is 11.9. The molecule has 4 aliphatic rings. The summed E-state index contributed by atoms with van der Waals surface area (Å²) in [5.41, 5.74) is -0.292. The van der Waals surface area contributed by atoms with Crippen molar-refractivity contribution in [1.29, 1.82) is 0 Å². The van der Waals surface area contributed by atoms with E-state index in [0.29, 0.717) is 11.7 Å². The summed E-state index contributed by atoms with van der Waals surface area (Å²) < 4.78 is 1.73. The van der Waals surface area contributed by atoms with Crippen LogP contribution in [-0.4, -0.2) is 31.5 Å². The topological polar surface area (TPSA) is 68.0 Å². The van der Waals surface area contributed by atoms with Gasteiger partial charge in [0.1, 0.15) is 6.04 Å². The van der Waals surface area contributed by atoms with Gasteiger partial charge in [-0.05, 0) is 107 Å². The van der Waals surface area contributed by atoms with Gasteiger partial charge in [0, 0.05) is 12.1 Å². The third-order valence-corrected chi connectivity index (χ3v) is 9.83. The van der Waals surface area contributed by atoms with E-state index >= 15 is 0 Å². The van der Waals surface area contributed by atoms with Gasteiger partial charge in [0.2, 0.25) is 0 Å². The number of ketones is 1. The molecule has 5 rings (SSSR count). The smallest absolute Gasteiger partial charge is 0.160 e. The van der Waals surface area contributed by atoms with Crippen LogP contribution in [0.25, 0.3) is 0 Å². The number of carbonyl (C=O) groups excluding carboxylic acids is 1. The predicted molar refractivity (Wildman–Crippen MR) is 111 cm³/mol. The molecule has 1 aromatic heterocycles. The Morgan fingerprint density at radius 1 is 1.07 bits per heavy atom. The zero-order chi connectivity index (χ0) is 20.4. The third-order valence-electron chi connectivity index (χ3n) is 9.83. The highest BCUT2D eigenvalue weighted by Gasteiger charge is 2.59. The fraction of sp³-hybridized carbons (Fsp3) is 0.875. The second-order valence-electron chi connectivity index (χ2n) is 11.3. The van der Waals surface area contributed by atoms with Gasteiger partial charge in [0.25, 0.3) is 0 Å². The van der Waals surface area contributed by atoms with Crippen molar-refractivity contribution in [2.45, 2.75) is 90.2 Å². The van der Waals surface area contributed by atoms with Crippen LogP contribution in [0, 0.1) is 40.9 Å². The molecule has 1 heterocycles. The number of carbonyl (C=O) groups is 1. The normalized spacial score (nSPS) is 47.7. The molecule has 0 unspecified atom stereocenters. The Balaban J connectivity index is 1.34. The van der Waals surface area contributed by atoms with Crippen molar-refractivity contribution in [2.24, 2.45) is 40.9 Å². The Hall–Kier alpha value is -1.23. The van der Waals surface area contributed by atoms with E-state index in [4.69, 9.17) is 0 Å². The van der Waals surface area contributed by atoms with Gasteiger partial charge in [-0.3, -0.25) is 4.79 Å². The second kappa shape index (κ2) is 6.90. The van der Waals surface area contributed by atoms with Crippen LogP contribution in [0.5, 0.6) is 0 Å². The Kier molecular flexibility index (Phi) is 4.69. The maximum Gasteiger partial charge on any atom is 0.160 e. The molecule has 5 heteroatoms. The molecule has 160 valence electrons. The average Bonchev–Trinajstić information content (AvgIpc) is 3.33. The molecule has 1 aromatic rings. The van der Waals surface area contributed by atoms with Crippen LogP contribution in [0.1, 0.15) is 84.6 Å². The molecule has 4 aliphatic carbocycles. The van der Waals surface area contributed by atoms with Crippen molar-refractivity contribution in [2.75, 3.05) is 0 Å². The SMILES string of the molecule is C[C@H](C(=O)[C@H]1CC[C@H]2[C@@H]3CC[C@H]4C[C@](C)(O)CC[C@@H]4[C@H]3CC[C@]12C)n1ccnn1. The Labute approximate surface area is 174 Å². The van der Waals surface area contributed by atoms with E-state index in [1.54, 1.807) is 10.9 Å². The van der Waals surface area contributed by atoms with Crippen molar-refractivity contribution in [3.05, 3.63) is 12.4 Å². The summed E-state index contributed by atoms with van der Waals surface area (Å²) in [7, 11) is 0. The van der Waals surface area contributed by atoms with Crippen molar-refractivity contribution < 1.29 is 9.90 Å². The highest BCUT2D eigenvalue weighted by molar-refractivity contribution is 5.85. The van der Waals surface area contributed by atoms with Gasteiger partial charge >= 0.3 is 0 Å². The summed E-state index contributed by atoms with van der Waals surface area (Å²) in [4.78, 5) is 13.4. The van der Waals surface area contributed by atoms with Gasteiger partial charge in [-0.2, -0.15) is 0 Å². The fourth-order valence-corrected chi connectivity index (χ4v) is 8.39. The average molecular weight is 400 g/mol. The van der Waals surface area contributed by atoms with E-state index in [1.165, 1.54) is 38.5 Å². The molecule has 29 heavy (non-hydrogen) atoms. The minimum absolute atomic E-state index is 0.153. The van der Waals surface area contributed by atoms with Crippen LogP contribution >= 0.6 is 0 Å². The molecule has 5 nitrogen and oxygen atoms in total. The highest BCUT2D eigenvalue weighted by atomic mass is 16.3. The van der Waals surface area contributed by atoms with E-state index in [0.717, 1.165) is 42.9 Å². The number of fused-ring (bicyclic) bond motifs is 5. The molecule has 0 aliphatic heterocycles. The summed E-state index contributed by atoms with van der Waals surface area (Å²) in [6.45, 7) is 6.45. The number of Topliss-reactive ketones (excluding diaryl/α,β-unsaturated/α-hetero) is 1. The van der Waals surface area contributed by atoms with Crippen LogP contribution in [0.4, 0.5) is 0 Å². The number of nitrogens with zero attached hydrogens (tertiary/aromatic N) is 3. The maximum atomic E-state index is 13.4. The summed E-state index contributed by atoms with van der Waals surface area (Å²) in [5.74, 6) is 4.36. The molecule has 0 spiro atoms. The molecule has 0 amide bonds. The minimum Gasteiger partial charge on any atom is -0.390 e. The lowest BCUT2D eigenvalue weighted by atomic mass is 9.49. The molecule has 0 bridgehead atoms. The van der Waals surface area contributed by atoms with Crippen molar-refractivity contribution >= 4 is 5.78 Å². The summed E-state index contributed by atoms with van der Waals surface area (Å²) in [5, 5.41) is 18.6. The lowest BCUT2D eigenvalue weighted by molar-refractivity contribution is -0.135. The van der Waals surface area contributed by atoms with Crippen LogP contribution in [0.15, 0.2) is 12.4 Å². The highest BCUT2D eigenvalue weighted by Crippen LogP contribution is 2.65. The van der Waals surface area contributed by atoms with Crippen molar-refractivity contribution in [3.8, 4) is 0 Å². The number of hydrogen-bond donors (Lipinski definition) is 1. The summed E-state index contributed by atoms with van der Waals surface area (Å²) in [6.07, 6.45) is 14.0. The summed E-state index contributed by atoms with van der Waals surface area (Å²) >= 11 is 0. The standard InChI is InChI=1S/C24H37N3O2/c1-15(27-13-12-25-26-27)22(28)21-7-6-20-19-5-4-16-14-23(2,29)10-8-17(16)18(19)9-11-24(20,21)3/h12-13,15-21,29H,4-11,14H2,1-3H3/t15-,16+,17+,18-,19-,20+,21-,23-,24+/m1/s1. The van der Waals surface area contributed by atoms with Gasteiger partial charge in [-0.15, -0.1) is 5.10 Å². The molecule has 4 fully saturated rings. The molecule has 0 radical (unpaired) electrons. The largest absolute Gasteiger partial charge is 0.390 e. The summed E-state index contributed by atoms with van der Waals surface area (Å²) in [6, 6.07) is -0.216. The first-order chi connectivity index (χ1) is 13.8. The minimum atomic E-state index is -0.445. The first-order valence-corrected chi connectivity index (χ1v) is 11.9. The Bertz CT molecular complexity index is 760. The van der Waals surface area contributed by atoms with Gasteiger partial charge in [0.15, 0.2) is 5.78 Å². The number of rotatable bonds is 3. The number of aliphatic hydroxyl groups is 1. The molecule has 1 N–H and O–H groups in total. The van der Waals surface area contributed by atoms with Crippen LogP contribution in [-0.2, 0) is 4.79 Å². The number of hydrogen-bond acceptors (Lipinski definition) is 4. The zero-order valence-electron chi connectivity index (χ0n) is 18.3. The van der Waals surface area contributed by atoms with E-state index < -0.39 is 5.60 Å². The quantitative estimate of drug-likeness (QED) is 0.816. The van der Waals surface area contributed by atoms with E-state index in [9.17, 15) is 9.90 Å². The Morgan fingerprint density at radius 3 is 2.62 bits per heavy atom. The van der Waals surface area contributed by atoms with Crippen molar-refractivity contribution in [1.82, 2.24) is 15.0 Å². The predicted octanol–water partition coefficient (Wildman–Crippen LogP) is 4.43. The van der Waals surface area contributed by atoms with Crippen LogP contribution in [0.3, 0.4) is 0 Å². The molecule has 0 aromatic carbocycles. The molecule has 0 saturated heterocycles. The van der Waals surface area contributed by atoms with Gasteiger partial charge < -0.3 is 5.11 Å². The molecular formula is C24H37N3O2. The molecule has 9 atom stereocenters. The van der Waals surface area contributed by atoms with E-state index in [2.05, 4.69) is 17.2 Å². The van der Waals surface area contributed by atoms with Crippen LogP contribution < -0.4 is 0 Å². The van der Waals surface area contributed by atoms with Gasteiger partial charge in [-0.25, -0.2) is 4.68 Å². The van der Waals surface area contributed by atoms with Gasteiger partial charge in [-0.1, -0.05) is 12.1 Å². The monoisotopic (exact) mass is 399 g/mol. The lowest BCUT2D eigenvalue weighted by Gasteiger charge is -2.57. The maximum absolute atomic E-state index is 13.4. The first kappa shape index (κ1) is 19.7. The zero-order valence-corrected chi connectivity index (χ0v) is 18.3. The van der Waals surface area contributed by atoms with Crippen molar-refractivity contribution in [3.63, 3.8) is 0 Å². The lowest BCUT2D eigenvalue weighted by Crippen LogP contribution is -2.51. The van der Waals surface area contributed by atoms with Gasteiger partial charge in [0.05, 0.1) is 11.8 Å². The number of aromatic nitrogens is 3. The second-order valence-corrected chi connectivity index (χ2v) is 11.3. The fourth-order valence-electron chi connectivity index (χ4n) is 8.39. The van der Waals surface area contributed by atoms with E-state index in [1.807, 2.05) is 20.0 Å².